The molecule has 0 unspecified atom stereocenters. The van der Waals surface area contributed by atoms with Crippen LogP contribution < -0.4 is 11.1 Å². The van der Waals surface area contributed by atoms with E-state index in [0.717, 1.165) is 0 Å². The molecular weight excluding hydrogens is 218 g/mol. The van der Waals surface area contributed by atoms with Gasteiger partial charge in [0.15, 0.2) is 0 Å². The number of nitrogens with two attached hydrogens (primary N) is 1. The number of hydrogen-bond acceptors (Lipinski definition) is 4. The molecule has 0 atom stereocenters. The van der Waals surface area contributed by atoms with Crippen molar-refractivity contribution in [3.8, 4) is 0 Å². The summed E-state index contributed by atoms with van der Waals surface area (Å²) in [7, 11) is 0. The average Bonchev–Trinajstić information content (AvgIpc) is 2.18. The lowest BCUT2D eigenvalue weighted by atomic mass is 10.4. The number of pyridine rings is 1. The molecule has 0 aliphatic carbocycles. The number of halogens is 1. The lowest BCUT2D eigenvalue weighted by Crippen LogP contribution is -2.21. The zero-order chi connectivity index (χ0) is 11.1. The predicted molar refractivity (Wildman–Crippen MR) is 57.8 cm³/mol. The highest BCUT2D eigenvalue weighted by atomic mass is 35.5. The van der Waals surface area contributed by atoms with E-state index in [0.29, 0.717) is 24.1 Å². The van der Waals surface area contributed by atoms with Crippen LogP contribution in [0.1, 0.15) is 0 Å². The van der Waals surface area contributed by atoms with Crippen molar-refractivity contribution in [3.05, 3.63) is 23.4 Å². The molecule has 6 heteroatoms. The molecule has 1 heterocycles. The predicted octanol–water partition coefficient (Wildman–Crippen LogP) is 0.649. The Labute approximate surface area is 92.6 Å². The van der Waals surface area contributed by atoms with E-state index < -0.39 is 0 Å². The molecule has 0 aliphatic heterocycles. The Morgan fingerprint density at radius 3 is 3.07 bits per heavy atom. The molecule has 0 saturated heterocycles. The Kier molecular flexibility index (Phi) is 5.03. The van der Waals surface area contributed by atoms with Crippen LogP contribution in [0.5, 0.6) is 0 Å². The summed E-state index contributed by atoms with van der Waals surface area (Å²) in [6.45, 7) is 0.713. The van der Waals surface area contributed by atoms with Crippen molar-refractivity contribution in [2.45, 2.75) is 0 Å². The van der Waals surface area contributed by atoms with Crippen molar-refractivity contribution in [3.63, 3.8) is 0 Å². The minimum Gasteiger partial charge on any atom is -0.370 e. The van der Waals surface area contributed by atoms with Crippen molar-refractivity contribution < 1.29 is 9.53 Å². The van der Waals surface area contributed by atoms with Crippen LogP contribution in [0.25, 0.3) is 0 Å². The maximum atomic E-state index is 11.2. The van der Waals surface area contributed by atoms with E-state index in [-0.39, 0.29) is 12.5 Å². The first kappa shape index (κ1) is 11.9. The summed E-state index contributed by atoms with van der Waals surface area (Å²) in [4.78, 5) is 15.1. The molecule has 3 N–H and O–H groups in total. The smallest absolute Gasteiger partial charge is 0.251 e. The third kappa shape index (κ3) is 4.73. The van der Waals surface area contributed by atoms with Gasteiger partial charge in [-0.1, -0.05) is 17.7 Å². The third-order valence-electron chi connectivity index (χ3n) is 1.48. The first-order valence-electron chi connectivity index (χ1n) is 4.42. The van der Waals surface area contributed by atoms with E-state index in [2.05, 4.69) is 10.3 Å². The SMILES string of the molecule is NCCOCC(=O)Nc1cccc(Cl)n1. The molecule has 1 rings (SSSR count). The number of carbonyl (C=O) groups excluding carboxylic acids is 1. The van der Waals surface area contributed by atoms with Crippen molar-refractivity contribution in [2.24, 2.45) is 5.73 Å². The monoisotopic (exact) mass is 229 g/mol. The maximum Gasteiger partial charge on any atom is 0.251 e. The summed E-state index contributed by atoms with van der Waals surface area (Å²) in [5.41, 5.74) is 5.20. The molecule has 1 aromatic heterocycles. The number of anilines is 1. The quantitative estimate of drug-likeness (QED) is 0.574. The lowest BCUT2D eigenvalue weighted by molar-refractivity contribution is -0.120. The highest BCUT2D eigenvalue weighted by Gasteiger charge is 2.03. The highest BCUT2D eigenvalue weighted by Crippen LogP contribution is 2.08. The minimum absolute atomic E-state index is 0.0363. The van der Waals surface area contributed by atoms with Crippen LogP contribution >= 0.6 is 11.6 Å². The fourth-order valence-corrected chi connectivity index (χ4v) is 1.07. The molecule has 0 aromatic carbocycles. The van der Waals surface area contributed by atoms with Crippen molar-refractivity contribution in [2.75, 3.05) is 25.1 Å². The van der Waals surface area contributed by atoms with Gasteiger partial charge in [-0.2, -0.15) is 0 Å². The highest BCUT2D eigenvalue weighted by molar-refractivity contribution is 6.29. The maximum absolute atomic E-state index is 11.2. The summed E-state index contributed by atoms with van der Waals surface area (Å²) < 4.78 is 4.95. The van der Waals surface area contributed by atoms with Crippen LogP contribution in [0.4, 0.5) is 5.82 Å². The van der Waals surface area contributed by atoms with Crippen LogP contribution in [0.15, 0.2) is 18.2 Å². The molecular formula is C9H12ClN3O2. The average molecular weight is 230 g/mol. The van der Waals surface area contributed by atoms with Crippen LogP contribution in [-0.2, 0) is 9.53 Å². The largest absolute Gasteiger partial charge is 0.370 e. The fraction of sp³-hybridized carbons (Fsp3) is 0.333. The first-order chi connectivity index (χ1) is 7.22. The number of rotatable bonds is 5. The topological polar surface area (TPSA) is 77.2 Å². The van der Waals surface area contributed by atoms with Gasteiger partial charge in [-0.25, -0.2) is 4.98 Å². The van der Waals surface area contributed by atoms with Gasteiger partial charge < -0.3 is 15.8 Å². The zero-order valence-corrected chi connectivity index (χ0v) is 8.83. The zero-order valence-electron chi connectivity index (χ0n) is 8.07. The van der Waals surface area contributed by atoms with Gasteiger partial charge in [0.1, 0.15) is 17.6 Å². The second-order valence-corrected chi connectivity index (χ2v) is 3.12. The second-order valence-electron chi connectivity index (χ2n) is 2.73. The number of aromatic nitrogens is 1. The van der Waals surface area contributed by atoms with Gasteiger partial charge in [-0.3, -0.25) is 4.79 Å². The van der Waals surface area contributed by atoms with Gasteiger partial charge in [0, 0.05) is 6.54 Å². The summed E-state index contributed by atoms with van der Waals surface area (Å²) in [5, 5.41) is 2.87. The van der Waals surface area contributed by atoms with E-state index in [9.17, 15) is 4.79 Å². The molecule has 0 bridgehead atoms. The molecule has 0 aliphatic rings. The number of nitrogens with one attached hydrogen (secondary N) is 1. The van der Waals surface area contributed by atoms with E-state index in [1.54, 1.807) is 18.2 Å². The number of carbonyl (C=O) groups is 1. The Hall–Kier alpha value is -1.17. The Bertz CT molecular complexity index is 333. The molecule has 82 valence electrons. The Morgan fingerprint density at radius 2 is 2.40 bits per heavy atom. The van der Waals surface area contributed by atoms with Crippen molar-refractivity contribution in [1.82, 2.24) is 4.98 Å². The summed E-state index contributed by atoms with van der Waals surface area (Å²) in [6, 6.07) is 4.97. The lowest BCUT2D eigenvalue weighted by Gasteiger charge is -2.04. The Balaban J connectivity index is 2.37. The molecule has 0 radical (unpaired) electrons. The van der Waals surface area contributed by atoms with Gasteiger partial charge >= 0.3 is 0 Å². The molecule has 1 aromatic rings. The fourth-order valence-electron chi connectivity index (χ4n) is 0.905. The summed E-state index contributed by atoms with van der Waals surface area (Å²) in [6.07, 6.45) is 0. The van der Waals surface area contributed by atoms with Crippen LogP contribution in [0.3, 0.4) is 0 Å². The number of amides is 1. The number of nitrogens with zero attached hydrogens (tertiary/aromatic N) is 1. The minimum atomic E-state index is -0.279. The van der Waals surface area contributed by atoms with Gasteiger partial charge in [0.05, 0.1) is 6.61 Å². The first-order valence-corrected chi connectivity index (χ1v) is 4.80. The molecule has 0 fully saturated rings. The van der Waals surface area contributed by atoms with Crippen LogP contribution in [0.2, 0.25) is 5.15 Å². The van der Waals surface area contributed by atoms with E-state index in [4.69, 9.17) is 22.1 Å². The van der Waals surface area contributed by atoms with Gasteiger partial charge in [-0.15, -0.1) is 0 Å². The van der Waals surface area contributed by atoms with Crippen molar-refractivity contribution >= 4 is 23.3 Å². The van der Waals surface area contributed by atoms with Gasteiger partial charge in [-0.05, 0) is 12.1 Å². The van der Waals surface area contributed by atoms with Gasteiger partial charge in [0.25, 0.3) is 5.91 Å². The molecule has 1 amide bonds. The van der Waals surface area contributed by atoms with Crippen LogP contribution in [-0.4, -0.2) is 30.6 Å². The molecule has 5 nitrogen and oxygen atoms in total. The standard InChI is InChI=1S/C9H12ClN3O2/c10-7-2-1-3-8(12-7)13-9(14)6-15-5-4-11/h1-3H,4-6,11H2,(H,12,13,14). The van der Waals surface area contributed by atoms with Gasteiger partial charge in [0.2, 0.25) is 0 Å². The van der Waals surface area contributed by atoms with E-state index >= 15 is 0 Å². The molecule has 0 spiro atoms. The molecule has 0 saturated carbocycles. The van der Waals surface area contributed by atoms with Crippen molar-refractivity contribution in [1.29, 1.82) is 0 Å². The van der Waals surface area contributed by atoms with Crippen LogP contribution in [0, 0.1) is 0 Å². The Morgan fingerprint density at radius 1 is 1.60 bits per heavy atom. The second kappa shape index (κ2) is 6.34. The number of hydrogen-bond donors (Lipinski definition) is 2. The number of ether oxygens (including phenoxy) is 1. The normalized spacial score (nSPS) is 10.0. The summed E-state index contributed by atoms with van der Waals surface area (Å²) in [5.74, 6) is 0.127. The third-order valence-corrected chi connectivity index (χ3v) is 1.69. The van der Waals surface area contributed by atoms with E-state index in [1.807, 2.05) is 0 Å². The molecule has 15 heavy (non-hydrogen) atoms. The van der Waals surface area contributed by atoms with E-state index in [1.165, 1.54) is 0 Å². The summed E-state index contributed by atoms with van der Waals surface area (Å²) >= 11 is 5.64.